The van der Waals surface area contributed by atoms with Gasteiger partial charge in [-0.15, -0.1) is 10.2 Å². The molecule has 0 unspecified atom stereocenters. The van der Waals surface area contributed by atoms with Gasteiger partial charge in [-0.1, -0.05) is 34.6 Å². The number of halogens is 1. The summed E-state index contributed by atoms with van der Waals surface area (Å²) >= 11 is 7.92. The Morgan fingerprint density at radius 1 is 1.12 bits per heavy atom. The molecular weight excluding hydrogens is 362 g/mol. The predicted molar refractivity (Wildman–Crippen MR) is 94.3 cm³/mol. The molecule has 0 aliphatic carbocycles. The molecule has 0 fully saturated rings. The van der Waals surface area contributed by atoms with Crippen molar-refractivity contribution in [2.75, 3.05) is 5.75 Å². The second-order valence-electron chi connectivity index (χ2n) is 5.41. The lowest BCUT2D eigenvalue weighted by molar-refractivity contribution is 0.629. The summed E-state index contributed by atoms with van der Waals surface area (Å²) in [5.41, 5.74) is 2.39. The molecule has 0 N–H and O–H groups in total. The molecule has 0 saturated heterocycles. The number of tetrazole rings is 1. The first kappa shape index (κ1) is 16.0. The molecule has 0 aliphatic rings. The molecular formula is C14H14ClN9S. The minimum absolute atomic E-state index is 0.653. The molecule has 3 heterocycles. The van der Waals surface area contributed by atoms with Crippen LogP contribution >= 0.6 is 23.4 Å². The number of hydrogen-bond acceptors (Lipinski definition) is 7. The van der Waals surface area contributed by atoms with E-state index in [0.717, 1.165) is 27.5 Å². The summed E-state index contributed by atoms with van der Waals surface area (Å²) in [6, 6.07) is 5.74. The second kappa shape index (κ2) is 6.45. The third kappa shape index (κ3) is 2.98. The highest BCUT2D eigenvalue weighted by molar-refractivity contribution is 7.99. The highest BCUT2D eigenvalue weighted by Gasteiger charge is 2.16. The van der Waals surface area contributed by atoms with E-state index in [2.05, 4.69) is 30.9 Å². The zero-order valence-corrected chi connectivity index (χ0v) is 15.1. The van der Waals surface area contributed by atoms with Gasteiger partial charge in [-0.05, 0) is 22.6 Å². The molecule has 0 atom stereocenters. The van der Waals surface area contributed by atoms with Crippen LogP contribution < -0.4 is 0 Å². The van der Waals surface area contributed by atoms with Gasteiger partial charge < -0.3 is 0 Å². The number of rotatable bonds is 5. The van der Waals surface area contributed by atoms with E-state index in [1.165, 1.54) is 0 Å². The fourth-order valence-corrected chi connectivity index (χ4v) is 3.58. The van der Waals surface area contributed by atoms with E-state index < -0.39 is 0 Å². The lowest BCUT2D eigenvalue weighted by Gasteiger charge is -1.99. The van der Waals surface area contributed by atoms with Crippen molar-refractivity contribution in [3.63, 3.8) is 0 Å². The van der Waals surface area contributed by atoms with Crippen LogP contribution in [0, 0.1) is 0 Å². The summed E-state index contributed by atoms with van der Waals surface area (Å²) in [5.74, 6) is 0.779. The van der Waals surface area contributed by atoms with E-state index in [1.54, 1.807) is 25.8 Å². The smallest absolute Gasteiger partial charge is 0.209 e. The first-order valence-corrected chi connectivity index (χ1v) is 8.86. The zero-order valence-electron chi connectivity index (χ0n) is 13.5. The average Bonchev–Trinajstić information content (AvgIpc) is 3.29. The van der Waals surface area contributed by atoms with Crippen molar-refractivity contribution >= 4 is 34.3 Å². The van der Waals surface area contributed by atoms with Gasteiger partial charge in [0.15, 0.2) is 0 Å². The number of nitrogens with zero attached hydrogens (tertiary/aromatic N) is 9. The fraction of sp³-hybridized carbons (Fsp3) is 0.286. The Labute approximate surface area is 151 Å². The van der Waals surface area contributed by atoms with Gasteiger partial charge in [0.05, 0.1) is 23.3 Å². The third-order valence-electron chi connectivity index (χ3n) is 3.74. The lowest BCUT2D eigenvalue weighted by Crippen LogP contribution is -2.02. The Morgan fingerprint density at radius 2 is 2.00 bits per heavy atom. The van der Waals surface area contributed by atoms with Crippen LogP contribution in [0.3, 0.4) is 0 Å². The average molecular weight is 376 g/mol. The van der Waals surface area contributed by atoms with Crippen molar-refractivity contribution in [2.24, 2.45) is 14.1 Å². The van der Waals surface area contributed by atoms with Crippen molar-refractivity contribution in [3.8, 4) is 11.4 Å². The summed E-state index contributed by atoms with van der Waals surface area (Å²) in [5, 5.41) is 26.6. The van der Waals surface area contributed by atoms with Gasteiger partial charge in [0, 0.05) is 25.2 Å². The molecule has 9 nitrogen and oxygen atoms in total. The molecule has 0 spiro atoms. The van der Waals surface area contributed by atoms with Gasteiger partial charge in [-0.3, -0.25) is 9.36 Å². The minimum Gasteiger partial charge on any atom is -0.267 e. The number of aryl methyl sites for hydroxylation is 3. The van der Waals surface area contributed by atoms with Crippen LogP contribution in [-0.4, -0.2) is 50.7 Å². The maximum absolute atomic E-state index is 6.35. The minimum atomic E-state index is 0.653. The molecule has 11 heteroatoms. The zero-order chi connectivity index (χ0) is 17.4. The van der Waals surface area contributed by atoms with Gasteiger partial charge in [-0.2, -0.15) is 5.10 Å². The SMILES string of the molecule is Cn1nnnc1SCCn1cc(-c2nn(C)c3cccc(Cl)c23)nn1. The van der Waals surface area contributed by atoms with Gasteiger partial charge in [-0.25, -0.2) is 4.68 Å². The Bertz CT molecular complexity index is 1030. The highest BCUT2D eigenvalue weighted by Crippen LogP contribution is 2.31. The van der Waals surface area contributed by atoms with Crippen LogP contribution in [0.1, 0.15) is 0 Å². The number of thioether (sulfide) groups is 1. The molecule has 0 aliphatic heterocycles. The first-order chi connectivity index (χ1) is 12.1. The van der Waals surface area contributed by atoms with E-state index in [1.807, 2.05) is 38.5 Å². The maximum atomic E-state index is 6.35. The van der Waals surface area contributed by atoms with Crippen LogP contribution in [-0.2, 0) is 20.6 Å². The normalized spacial score (nSPS) is 11.5. The number of aromatic nitrogens is 9. The molecule has 0 bridgehead atoms. The van der Waals surface area contributed by atoms with E-state index in [9.17, 15) is 0 Å². The topological polar surface area (TPSA) is 92.1 Å². The van der Waals surface area contributed by atoms with Crippen molar-refractivity contribution in [3.05, 3.63) is 29.4 Å². The standard InChI is InChI=1S/C14H14ClN9S/c1-22-11-5-3-4-9(15)12(11)13(18-22)10-8-24(20-16-10)6-7-25-14-17-19-21-23(14)2/h3-5,8H,6-7H2,1-2H3. The Balaban J connectivity index is 1.55. The second-order valence-corrected chi connectivity index (χ2v) is 6.88. The highest BCUT2D eigenvalue weighted by atomic mass is 35.5. The molecule has 0 saturated carbocycles. The molecule has 4 aromatic rings. The molecule has 128 valence electrons. The molecule has 0 amide bonds. The van der Waals surface area contributed by atoms with Crippen molar-refractivity contribution in [2.45, 2.75) is 11.7 Å². The maximum Gasteiger partial charge on any atom is 0.209 e. The predicted octanol–water partition coefficient (Wildman–Crippen LogP) is 1.80. The number of benzene rings is 1. The third-order valence-corrected chi connectivity index (χ3v) is 5.05. The van der Waals surface area contributed by atoms with Gasteiger partial charge >= 0.3 is 0 Å². The lowest BCUT2D eigenvalue weighted by atomic mass is 10.2. The van der Waals surface area contributed by atoms with Crippen LogP contribution in [0.25, 0.3) is 22.3 Å². The Kier molecular flexibility index (Phi) is 4.14. The van der Waals surface area contributed by atoms with Gasteiger partial charge in [0.2, 0.25) is 5.16 Å². The van der Waals surface area contributed by atoms with E-state index in [4.69, 9.17) is 11.6 Å². The van der Waals surface area contributed by atoms with Gasteiger partial charge in [0.1, 0.15) is 11.4 Å². The van der Waals surface area contributed by atoms with E-state index in [0.29, 0.717) is 17.3 Å². The largest absolute Gasteiger partial charge is 0.267 e. The number of hydrogen-bond donors (Lipinski definition) is 0. The summed E-state index contributed by atoms with van der Waals surface area (Å²) < 4.78 is 5.22. The number of fused-ring (bicyclic) bond motifs is 1. The van der Waals surface area contributed by atoms with E-state index >= 15 is 0 Å². The van der Waals surface area contributed by atoms with Gasteiger partial charge in [0.25, 0.3) is 0 Å². The molecule has 3 aromatic heterocycles. The summed E-state index contributed by atoms with van der Waals surface area (Å²) in [4.78, 5) is 0. The Morgan fingerprint density at radius 3 is 2.80 bits per heavy atom. The van der Waals surface area contributed by atoms with Crippen LogP contribution in [0.5, 0.6) is 0 Å². The molecule has 4 rings (SSSR count). The quantitative estimate of drug-likeness (QED) is 0.491. The van der Waals surface area contributed by atoms with Crippen LogP contribution in [0.2, 0.25) is 5.02 Å². The first-order valence-electron chi connectivity index (χ1n) is 7.50. The summed E-state index contributed by atoms with van der Waals surface area (Å²) in [6.07, 6.45) is 1.88. The van der Waals surface area contributed by atoms with Crippen molar-refractivity contribution in [1.29, 1.82) is 0 Å². The summed E-state index contributed by atoms with van der Waals surface area (Å²) in [7, 11) is 3.70. The molecule has 0 radical (unpaired) electrons. The summed E-state index contributed by atoms with van der Waals surface area (Å²) in [6.45, 7) is 0.684. The van der Waals surface area contributed by atoms with Crippen molar-refractivity contribution in [1.82, 2.24) is 45.0 Å². The van der Waals surface area contributed by atoms with Crippen LogP contribution in [0.15, 0.2) is 29.6 Å². The van der Waals surface area contributed by atoms with Crippen molar-refractivity contribution < 1.29 is 0 Å². The molecule has 25 heavy (non-hydrogen) atoms. The monoisotopic (exact) mass is 375 g/mol. The van der Waals surface area contributed by atoms with Crippen LogP contribution in [0.4, 0.5) is 0 Å². The Hall–Kier alpha value is -2.46. The fourth-order valence-electron chi connectivity index (χ4n) is 2.54. The molecule has 1 aromatic carbocycles. The van der Waals surface area contributed by atoms with E-state index in [-0.39, 0.29) is 0 Å².